The number of nitro groups is 1. The van der Waals surface area contributed by atoms with E-state index in [0.717, 1.165) is 24.3 Å². The topological polar surface area (TPSA) is 142 Å². The number of amides is 1. The SMILES string of the molecule is CCOC(=O)c1cc(C(=O)Nc2cc(-n3nnnc3C)ccc2F)cc([N+](=O)[O-])c1. The van der Waals surface area contributed by atoms with Crippen LogP contribution in [0.4, 0.5) is 15.8 Å². The largest absolute Gasteiger partial charge is 0.462 e. The standard InChI is InChI=1S/C18H15FN6O5/c1-3-30-18(27)12-6-11(7-14(8-12)25(28)29)17(26)20-16-9-13(4-5-15(16)19)24-10(2)21-22-23-24/h4-9H,3H2,1-2H3,(H,20,26). The Morgan fingerprint density at radius 3 is 2.60 bits per heavy atom. The van der Waals surface area contributed by atoms with Crippen LogP contribution in [0.25, 0.3) is 5.69 Å². The lowest BCUT2D eigenvalue weighted by Gasteiger charge is -2.10. The van der Waals surface area contributed by atoms with Gasteiger partial charge >= 0.3 is 5.97 Å². The van der Waals surface area contributed by atoms with Crippen molar-refractivity contribution in [3.63, 3.8) is 0 Å². The molecule has 2 aromatic carbocycles. The third kappa shape index (κ3) is 4.27. The molecule has 154 valence electrons. The number of hydrogen-bond acceptors (Lipinski definition) is 8. The Hall–Kier alpha value is -4.22. The summed E-state index contributed by atoms with van der Waals surface area (Å²) in [4.78, 5) is 35.0. The van der Waals surface area contributed by atoms with Crippen LogP contribution in [0.2, 0.25) is 0 Å². The van der Waals surface area contributed by atoms with Gasteiger partial charge in [-0.25, -0.2) is 9.18 Å². The van der Waals surface area contributed by atoms with Crippen molar-refractivity contribution in [1.29, 1.82) is 0 Å². The number of non-ortho nitro benzene ring substituents is 1. The van der Waals surface area contributed by atoms with E-state index >= 15 is 0 Å². The van der Waals surface area contributed by atoms with E-state index in [-0.39, 0.29) is 23.4 Å². The van der Waals surface area contributed by atoms with Crippen molar-refractivity contribution in [3.05, 3.63) is 69.3 Å². The van der Waals surface area contributed by atoms with Gasteiger partial charge in [-0.3, -0.25) is 14.9 Å². The first-order valence-corrected chi connectivity index (χ1v) is 8.63. The van der Waals surface area contributed by atoms with Crippen LogP contribution in [0.1, 0.15) is 33.5 Å². The monoisotopic (exact) mass is 414 g/mol. The van der Waals surface area contributed by atoms with Gasteiger partial charge in [0.15, 0.2) is 5.82 Å². The van der Waals surface area contributed by atoms with Gasteiger partial charge in [0.05, 0.1) is 28.5 Å². The Labute approximate surface area is 168 Å². The van der Waals surface area contributed by atoms with Crippen molar-refractivity contribution in [1.82, 2.24) is 20.2 Å². The van der Waals surface area contributed by atoms with Gasteiger partial charge < -0.3 is 10.1 Å². The molecule has 0 spiro atoms. The fraction of sp³-hybridized carbons (Fsp3) is 0.167. The molecular formula is C18H15FN6O5. The van der Waals surface area contributed by atoms with Crippen LogP contribution in [0.3, 0.4) is 0 Å². The molecule has 0 radical (unpaired) electrons. The quantitative estimate of drug-likeness (QED) is 0.368. The van der Waals surface area contributed by atoms with Crippen LogP contribution in [-0.4, -0.2) is 43.6 Å². The number of tetrazole rings is 1. The second-order valence-corrected chi connectivity index (χ2v) is 6.00. The molecule has 0 fully saturated rings. The number of nitrogens with one attached hydrogen (secondary N) is 1. The summed E-state index contributed by atoms with van der Waals surface area (Å²) in [5, 5.41) is 24.5. The van der Waals surface area contributed by atoms with Gasteiger partial charge in [0.25, 0.3) is 11.6 Å². The van der Waals surface area contributed by atoms with Gasteiger partial charge in [0, 0.05) is 17.7 Å². The highest BCUT2D eigenvalue weighted by Crippen LogP contribution is 2.22. The zero-order valence-corrected chi connectivity index (χ0v) is 15.8. The number of halogens is 1. The van der Waals surface area contributed by atoms with Gasteiger partial charge in [-0.1, -0.05) is 0 Å². The number of ether oxygens (including phenoxy) is 1. The van der Waals surface area contributed by atoms with E-state index < -0.39 is 28.3 Å². The fourth-order valence-electron chi connectivity index (χ4n) is 2.59. The molecular weight excluding hydrogens is 399 g/mol. The van der Waals surface area contributed by atoms with Crippen LogP contribution in [0, 0.1) is 22.9 Å². The van der Waals surface area contributed by atoms with Gasteiger partial charge in [-0.2, -0.15) is 4.68 Å². The van der Waals surface area contributed by atoms with Crippen molar-refractivity contribution < 1.29 is 23.6 Å². The summed E-state index contributed by atoms with van der Waals surface area (Å²) in [5.41, 5.74) is -0.674. The van der Waals surface area contributed by atoms with Crippen LogP contribution in [-0.2, 0) is 4.74 Å². The summed E-state index contributed by atoms with van der Waals surface area (Å²) in [6, 6.07) is 6.94. The van der Waals surface area contributed by atoms with Crippen molar-refractivity contribution in [2.45, 2.75) is 13.8 Å². The molecule has 1 amide bonds. The zero-order valence-electron chi connectivity index (χ0n) is 15.8. The number of nitrogens with zero attached hydrogens (tertiary/aromatic N) is 5. The Bertz CT molecular complexity index is 1150. The highest BCUT2D eigenvalue weighted by Gasteiger charge is 2.20. The minimum atomic E-state index is -0.853. The molecule has 1 N–H and O–H groups in total. The summed E-state index contributed by atoms with van der Waals surface area (Å²) < 4.78 is 20.4. The maximum atomic E-state index is 14.2. The molecule has 1 aromatic heterocycles. The van der Waals surface area contributed by atoms with Crippen LogP contribution in [0.15, 0.2) is 36.4 Å². The van der Waals surface area contributed by atoms with Crippen molar-refractivity contribution in [3.8, 4) is 5.69 Å². The van der Waals surface area contributed by atoms with Crippen LogP contribution < -0.4 is 5.32 Å². The van der Waals surface area contributed by atoms with Crippen molar-refractivity contribution >= 4 is 23.3 Å². The van der Waals surface area contributed by atoms with E-state index in [1.54, 1.807) is 13.8 Å². The average Bonchev–Trinajstić information content (AvgIpc) is 3.15. The third-order valence-electron chi connectivity index (χ3n) is 3.97. The molecule has 12 heteroatoms. The number of hydrogen-bond donors (Lipinski definition) is 1. The number of aryl methyl sites for hydroxylation is 1. The molecule has 1 heterocycles. The number of benzene rings is 2. The Morgan fingerprint density at radius 1 is 1.23 bits per heavy atom. The number of aromatic nitrogens is 4. The summed E-state index contributed by atoms with van der Waals surface area (Å²) in [6.45, 7) is 3.27. The molecule has 3 rings (SSSR count). The number of esters is 1. The first-order valence-electron chi connectivity index (χ1n) is 8.63. The predicted octanol–water partition coefficient (Wildman–Crippen LogP) is 2.45. The maximum absolute atomic E-state index is 14.2. The van der Waals surface area contributed by atoms with Crippen LogP contribution in [0.5, 0.6) is 0 Å². The lowest BCUT2D eigenvalue weighted by Crippen LogP contribution is -2.15. The molecule has 0 aliphatic carbocycles. The van der Waals surface area contributed by atoms with Crippen molar-refractivity contribution in [2.24, 2.45) is 0 Å². The number of rotatable bonds is 6. The smallest absolute Gasteiger partial charge is 0.338 e. The second kappa shape index (κ2) is 8.43. The Morgan fingerprint density at radius 2 is 1.97 bits per heavy atom. The number of anilines is 1. The first-order chi connectivity index (χ1) is 14.3. The molecule has 0 atom stereocenters. The zero-order chi connectivity index (χ0) is 21.8. The normalized spacial score (nSPS) is 10.5. The fourth-order valence-corrected chi connectivity index (χ4v) is 2.59. The number of carbonyl (C=O) groups excluding carboxylic acids is 2. The van der Waals surface area contributed by atoms with E-state index in [1.807, 2.05) is 0 Å². The van der Waals surface area contributed by atoms with Crippen LogP contribution >= 0.6 is 0 Å². The van der Waals surface area contributed by atoms with E-state index in [9.17, 15) is 24.1 Å². The average molecular weight is 414 g/mol. The molecule has 0 saturated heterocycles. The van der Waals surface area contributed by atoms with E-state index in [4.69, 9.17) is 4.74 Å². The Kier molecular flexibility index (Phi) is 5.76. The van der Waals surface area contributed by atoms with Gasteiger partial charge in [0.2, 0.25) is 0 Å². The summed E-state index contributed by atoms with van der Waals surface area (Å²) in [7, 11) is 0. The first kappa shape index (κ1) is 20.5. The van der Waals surface area contributed by atoms with Crippen molar-refractivity contribution in [2.75, 3.05) is 11.9 Å². The molecule has 0 bridgehead atoms. The minimum Gasteiger partial charge on any atom is -0.462 e. The molecule has 30 heavy (non-hydrogen) atoms. The number of carbonyl (C=O) groups is 2. The van der Waals surface area contributed by atoms with E-state index in [1.165, 1.54) is 16.8 Å². The van der Waals surface area contributed by atoms with Gasteiger partial charge in [-0.05, 0) is 48.5 Å². The highest BCUT2D eigenvalue weighted by atomic mass is 19.1. The Balaban J connectivity index is 1.95. The third-order valence-corrected chi connectivity index (χ3v) is 3.97. The van der Waals surface area contributed by atoms with E-state index in [2.05, 4.69) is 20.8 Å². The van der Waals surface area contributed by atoms with Gasteiger partial charge in [0.1, 0.15) is 5.82 Å². The molecule has 0 saturated carbocycles. The lowest BCUT2D eigenvalue weighted by atomic mass is 10.1. The number of nitro benzene ring substituents is 1. The maximum Gasteiger partial charge on any atom is 0.338 e. The van der Waals surface area contributed by atoms with E-state index in [0.29, 0.717) is 11.5 Å². The molecule has 3 aromatic rings. The highest BCUT2D eigenvalue weighted by molar-refractivity contribution is 6.06. The summed E-state index contributed by atoms with van der Waals surface area (Å²) >= 11 is 0. The minimum absolute atomic E-state index is 0.0532. The summed E-state index contributed by atoms with van der Waals surface area (Å²) in [5.74, 6) is -1.98. The summed E-state index contributed by atoms with van der Waals surface area (Å²) in [6.07, 6.45) is 0. The molecule has 0 aliphatic rings. The molecule has 11 nitrogen and oxygen atoms in total. The predicted molar refractivity (Wildman–Crippen MR) is 101 cm³/mol. The van der Waals surface area contributed by atoms with Gasteiger partial charge in [-0.15, -0.1) is 5.10 Å². The second-order valence-electron chi connectivity index (χ2n) is 6.00. The lowest BCUT2D eigenvalue weighted by molar-refractivity contribution is -0.384. The molecule has 0 aliphatic heterocycles. The molecule has 0 unspecified atom stereocenters.